The van der Waals surface area contributed by atoms with E-state index in [0.29, 0.717) is 30.0 Å². The molecular weight excluding hydrogens is 338 g/mol. The summed E-state index contributed by atoms with van der Waals surface area (Å²) in [6, 6.07) is 12.9. The number of hydrogen-bond acceptors (Lipinski definition) is 4. The van der Waals surface area contributed by atoms with E-state index in [9.17, 15) is 13.2 Å². The minimum atomic E-state index is -3.48. The summed E-state index contributed by atoms with van der Waals surface area (Å²) in [5.74, 6) is -0.312. The summed E-state index contributed by atoms with van der Waals surface area (Å²) in [5.41, 5.74) is 7.23. The highest BCUT2D eigenvalue weighted by atomic mass is 32.2. The van der Waals surface area contributed by atoms with E-state index in [2.05, 4.69) is 5.32 Å². The second-order valence-electron chi connectivity index (χ2n) is 6.07. The van der Waals surface area contributed by atoms with Crippen LogP contribution in [0, 0.1) is 0 Å². The number of nitrogen functional groups attached to an aromatic ring is 1. The highest BCUT2D eigenvalue weighted by Crippen LogP contribution is 2.21. The van der Waals surface area contributed by atoms with Gasteiger partial charge in [-0.15, -0.1) is 0 Å². The molecule has 0 aliphatic carbocycles. The van der Waals surface area contributed by atoms with Crippen LogP contribution < -0.4 is 11.1 Å². The van der Waals surface area contributed by atoms with Crippen LogP contribution in [0.4, 0.5) is 11.4 Å². The molecule has 3 N–H and O–H groups in total. The van der Waals surface area contributed by atoms with Gasteiger partial charge >= 0.3 is 0 Å². The fraction of sp³-hybridized carbons (Fsp3) is 0.278. The molecule has 6 nitrogen and oxygen atoms in total. The molecule has 132 valence electrons. The number of benzene rings is 2. The van der Waals surface area contributed by atoms with E-state index in [-0.39, 0.29) is 10.8 Å². The van der Waals surface area contributed by atoms with Crippen molar-refractivity contribution >= 4 is 27.3 Å². The Balaban J connectivity index is 1.74. The highest BCUT2D eigenvalue weighted by Gasteiger charge is 2.25. The van der Waals surface area contributed by atoms with Gasteiger partial charge in [-0.05, 0) is 55.3 Å². The summed E-state index contributed by atoms with van der Waals surface area (Å²) < 4.78 is 26.7. The molecular formula is C18H21N3O3S. The lowest BCUT2D eigenvalue weighted by molar-refractivity contribution is 0.102. The van der Waals surface area contributed by atoms with E-state index in [1.54, 1.807) is 24.3 Å². The lowest BCUT2D eigenvalue weighted by Crippen LogP contribution is -2.35. The smallest absolute Gasteiger partial charge is 0.255 e. The Morgan fingerprint density at radius 1 is 1.00 bits per heavy atom. The molecule has 1 aliphatic heterocycles. The fourth-order valence-corrected chi connectivity index (χ4v) is 4.37. The van der Waals surface area contributed by atoms with E-state index in [1.807, 2.05) is 0 Å². The molecule has 2 aromatic carbocycles. The predicted molar refractivity (Wildman–Crippen MR) is 97.9 cm³/mol. The first-order valence-electron chi connectivity index (χ1n) is 8.24. The van der Waals surface area contributed by atoms with Crippen molar-refractivity contribution in [3.05, 3.63) is 54.1 Å². The van der Waals surface area contributed by atoms with Crippen LogP contribution in [0.15, 0.2) is 53.4 Å². The van der Waals surface area contributed by atoms with Crippen molar-refractivity contribution in [2.24, 2.45) is 0 Å². The third-order valence-corrected chi connectivity index (χ3v) is 6.13. The van der Waals surface area contributed by atoms with Crippen LogP contribution in [0.1, 0.15) is 29.6 Å². The van der Waals surface area contributed by atoms with Crippen molar-refractivity contribution in [1.82, 2.24) is 4.31 Å². The van der Waals surface area contributed by atoms with Gasteiger partial charge in [-0.1, -0.05) is 12.5 Å². The van der Waals surface area contributed by atoms with Gasteiger partial charge in [0, 0.05) is 30.0 Å². The molecule has 25 heavy (non-hydrogen) atoms. The van der Waals surface area contributed by atoms with Crippen LogP contribution in [0.3, 0.4) is 0 Å². The Labute approximate surface area is 147 Å². The number of nitrogens with one attached hydrogen (secondary N) is 1. The van der Waals surface area contributed by atoms with Gasteiger partial charge in [-0.3, -0.25) is 4.79 Å². The van der Waals surface area contributed by atoms with Crippen molar-refractivity contribution in [2.75, 3.05) is 24.1 Å². The second-order valence-corrected chi connectivity index (χ2v) is 8.01. The number of amides is 1. The van der Waals surface area contributed by atoms with Crippen molar-refractivity contribution < 1.29 is 13.2 Å². The van der Waals surface area contributed by atoms with E-state index < -0.39 is 10.0 Å². The van der Waals surface area contributed by atoms with Gasteiger partial charge in [-0.2, -0.15) is 4.31 Å². The first-order valence-corrected chi connectivity index (χ1v) is 9.68. The summed E-state index contributed by atoms with van der Waals surface area (Å²) in [6.45, 7) is 1.11. The number of carbonyl (C=O) groups is 1. The van der Waals surface area contributed by atoms with Gasteiger partial charge in [0.2, 0.25) is 10.0 Å². The highest BCUT2D eigenvalue weighted by molar-refractivity contribution is 7.89. The first-order chi connectivity index (χ1) is 12.0. The standard InChI is InChI=1S/C18H21N3O3S/c19-15-5-4-6-16(13-15)20-18(22)14-7-9-17(10-8-14)25(23,24)21-11-2-1-3-12-21/h4-10,13H,1-3,11-12,19H2,(H,20,22). The SMILES string of the molecule is Nc1cccc(NC(=O)c2ccc(S(=O)(=O)N3CCCCC3)cc2)c1. The molecule has 0 atom stereocenters. The van der Waals surface area contributed by atoms with Crippen molar-refractivity contribution in [3.63, 3.8) is 0 Å². The summed E-state index contributed by atoms with van der Waals surface area (Å²) in [4.78, 5) is 12.5. The van der Waals surface area contributed by atoms with Crippen molar-refractivity contribution in [1.29, 1.82) is 0 Å². The normalized spacial score (nSPS) is 15.7. The molecule has 0 bridgehead atoms. The third kappa shape index (κ3) is 4.00. The van der Waals surface area contributed by atoms with Crippen molar-refractivity contribution in [3.8, 4) is 0 Å². The maximum atomic E-state index is 12.6. The maximum absolute atomic E-state index is 12.6. The average Bonchev–Trinajstić information content (AvgIpc) is 2.62. The van der Waals surface area contributed by atoms with Gasteiger partial charge in [0.15, 0.2) is 0 Å². The fourth-order valence-electron chi connectivity index (χ4n) is 2.85. The zero-order valence-electron chi connectivity index (χ0n) is 13.8. The second kappa shape index (κ2) is 7.25. The van der Waals surface area contributed by atoms with Crippen LogP contribution in [-0.4, -0.2) is 31.7 Å². The molecule has 3 rings (SSSR count). The summed E-state index contributed by atoms with van der Waals surface area (Å²) in [6.07, 6.45) is 2.84. The number of hydrogen-bond donors (Lipinski definition) is 2. The molecule has 0 spiro atoms. The summed E-state index contributed by atoms with van der Waals surface area (Å²) in [7, 11) is -3.48. The van der Waals surface area contributed by atoms with Gasteiger partial charge in [0.05, 0.1) is 4.90 Å². The number of piperidine rings is 1. The first kappa shape index (κ1) is 17.4. The van der Waals surface area contributed by atoms with Crippen molar-refractivity contribution in [2.45, 2.75) is 24.2 Å². The molecule has 2 aromatic rings. The lowest BCUT2D eigenvalue weighted by atomic mass is 10.2. The van der Waals surface area contributed by atoms with Crippen LogP contribution in [0.2, 0.25) is 0 Å². The van der Waals surface area contributed by atoms with Crippen LogP contribution in [-0.2, 0) is 10.0 Å². The Kier molecular flexibility index (Phi) is 5.06. The molecule has 1 fully saturated rings. The van der Waals surface area contributed by atoms with Crippen LogP contribution >= 0.6 is 0 Å². The Morgan fingerprint density at radius 3 is 2.32 bits per heavy atom. The van der Waals surface area contributed by atoms with Gasteiger partial charge < -0.3 is 11.1 Å². The molecule has 0 saturated carbocycles. The number of nitrogens with zero attached hydrogens (tertiary/aromatic N) is 1. The summed E-state index contributed by atoms with van der Waals surface area (Å²) in [5, 5.41) is 2.74. The van der Waals surface area contributed by atoms with Crippen LogP contribution in [0.25, 0.3) is 0 Å². The minimum Gasteiger partial charge on any atom is -0.399 e. The molecule has 0 aromatic heterocycles. The lowest BCUT2D eigenvalue weighted by Gasteiger charge is -2.25. The van der Waals surface area contributed by atoms with E-state index in [4.69, 9.17) is 5.73 Å². The molecule has 1 amide bonds. The third-order valence-electron chi connectivity index (χ3n) is 4.21. The Hall–Kier alpha value is -2.38. The zero-order chi connectivity index (χ0) is 17.9. The van der Waals surface area contributed by atoms with E-state index in [0.717, 1.165) is 19.3 Å². The number of carbonyl (C=O) groups excluding carboxylic acids is 1. The maximum Gasteiger partial charge on any atom is 0.255 e. The number of nitrogens with two attached hydrogens (primary N) is 1. The van der Waals surface area contributed by atoms with Gasteiger partial charge in [0.25, 0.3) is 5.91 Å². The topological polar surface area (TPSA) is 92.5 Å². The summed E-state index contributed by atoms with van der Waals surface area (Å²) >= 11 is 0. The Morgan fingerprint density at radius 2 is 1.68 bits per heavy atom. The minimum absolute atomic E-state index is 0.218. The van der Waals surface area contributed by atoms with Gasteiger partial charge in [-0.25, -0.2) is 8.42 Å². The molecule has 1 saturated heterocycles. The van der Waals surface area contributed by atoms with Gasteiger partial charge in [0.1, 0.15) is 0 Å². The van der Waals surface area contributed by atoms with E-state index in [1.165, 1.54) is 28.6 Å². The number of anilines is 2. The Bertz CT molecular complexity index is 857. The molecule has 0 unspecified atom stereocenters. The van der Waals surface area contributed by atoms with Crippen LogP contribution in [0.5, 0.6) is 0 Å². The quantitative estimate of drug-likeness (QED) is 0.821. The van der Waals surface area contributed by atoms with E-state index >= 15 is 0 Å². The number of sulfonamides is 1. The predicted octanol–water partition coefficient (Wildman–Crippen LogP) is 2.70. The molecule has 1 heterocycles. The molecule has 7 heteroatoms. The molecule has 0 radical (unpaired) electrons. The average molecular weight is 359 g/mol. The number of rotatable bonds is 4. The zero-order valence-corrected chi connectivity index (χ0v) is 14.6. The largest absolute Gasteiger partial charge is 0.399 e. The monoisotopic (exact) mass is 359 g/mol. The molecule has 1 aliphatic rings.